The van der Waals surface area contributed by atoms with Gasteiger partial charge in [0.05, 0.1) is 19.3 Å². The number of carbonyl (C=O) groups excluding carboxylic acids is 1. The maximum Gasteiger partial charge on any atom is 0.338 e. The molecule has 0 bridgehead atoms. The van der Waals surface area contributed by atoms with E-state index >= 15 is 0 Å². The van der Waals surface area contributed by atoms with Crippen LogP contribution in [0.1, 0.15) is 56.2 Å². The van der Waals surface area contributed by atoms with Crippen molar-refractivity contribution in [3.8, 4) is 11.5 Å². The van der Waals surface area contributed by atoms with Gasteiger partial charge in [-0.15, -0.1) is 0 Å². The predicted octanol–water partition coefficient (Wildman–Crippen LogP) is 4.47. The molecule has 1 aliphatic carbocycles. The van der Waals surface area contributed by atoms with Gasteiger partial charge in [0.25, 0.3) is 0 Å². The highest BCUT2D eigenvalue weighted by Crippen LogP contribution is 2.39. The lowest BCUT2D eigenvalue weighted by atomic mass is 9.94. The van der Waals surface area contributed by atoms with Crippen molar-refractivity contribution in [2.45, 2.75) is 57.6 Å². The van der Waals surface area contributed by atoms with E-state index in [9.17, 15) is 4.79 Å². The Morgan fingerprint density at radius 1 is 1.08 bits per heavy atom. The predicted molar refractivity (Wildman–Crippen MR) is 134 cm³/mol. The molecule has 1 N–H and O–H groups in total. The lowest BCUT2D eigenvalue weighted by Crippen LogP contribution is -2.32. The van der Waals surface area contributed by atoms with Crippen molar-refractivity contribution in [3.63, 3.8) is 0 Å². The standard InChI is InChI=1S/C27H31N5O4/c1-18-24(26(33)36-21-11-7-4-8-12-21)25(32-27(28-18)29-30-31-32)20-13-14-22(23(17-20)34-2)35-16-15-19-9-5-3-6-10-19/h3,5-6,9-10,13-14,17,21,25H,4,7-8,11-12,15-16H2,1-2H3,(H,28,29,31). The summed E-state index contributed by atoms with van der Waals surface area (Å²) in [5.41, 5.74) is 3.16. The van der Waals surface area contributed by atoms with Crippen molar-refractivity contribution in [1.82, 2.24) is 20.2 Å². The van der Waals surface area contributed by atoms with Gasteiger partial charge in [0, 0.05) is 12.1 Å². The number of fused-ring (bicyclic) bond motifs is 1. The number of methoxy groups -OCH3 is 1. The first-order chi connectivity index (χ1) is 17.6. The Labute approximate surface area is 210 Å². The number of tetrazole rings is 1. The second kappa shape index (κ2) is 10.8. The molecular formula is C27H31N5O4. The maximum absolute atomic E-state index is 13.4. The number of nitrogens with one attached hydrogen (secondary N) is 1. The largest absolute Gasteiger partial charge is 0.493 e. The number of rotatable bonds is 8. The van der Waals surface area contributed by atoms with Crippen molar-refractivity contribution in [3.05, 3.63) is 70.9 Å². The number of carbonyl (C=O) groups is 1. The van der Waals surface area contributed by atoms with Crippen LogP contribution in [0.25, 0.3) is 0 Å². The Hall–Kier alpha value is -3.88. The van der Waals surface area contributed by atoms with Gasteiger partial charge >= 0.3 is 5.97 Å². The molecule has 1 saturated carbocycles. The van der Waals surface area contributed by atoms with Crippen LogP contribution in [0, 0.1) is 0 Å². The molecule has 0 radical (unpaired) electrons. The van der Waals surface area contributed by atoms with E-state index in [1.54, 1.807) is 11.8 Å². The molecule has 2 aliphatic rings. The second-order valence-electron chi connectivity index (χ2n) is 9.17. The van der Waals surface area contributed by atoms with Gasteiger partial charge in [0.15, 0.2) is 11.5 Å². The number of aromatic nitrogens is 4. The van der Waals surface area contributed by atoms with Gasteiger partial charge in [0.1, 0.15) is 12.1 Å². The van der Waals surface area contributed by atoms with Gasteiger partial charge in [-0.2, -0.15) is 4.68 Å². The molecule has 5 rings (SSSR count). The number of anilines is 1. The molecule has 1 aromatic heterocycles. The number of esters is 1. The average Bonchev–Trinajstić information content (AvgIpc) is 3.37. The molecule has 188 valence electrons. The summed E-state index contributed by atoms with van der Waals surface area (Å²) < 4.78 is 19.2. The number of hydrogen-bond donors (Lipinski definition) is 1. The molecule has 1 unspecified atom stereocenters. The smallest absolute Gasteiger partial charge is 0.338 e. The number of ether oxygens (including phenoxy) is 3. The summed E-state index contributed by atoms with van der Waals surface area (Å²) in [5.74, 6) is 1.33. The highest BCUT2D eigenvalue weighted by atomic mass is 16.5. The van der Waals surface area contributed by atoms with Crippen molar-refractivity contribution in [1.29, 1.82) is 0 Å². The summed E-state index contributed by atoms with van der Waals surface area (Å²) >= 11 is 0. The Morgan fingerprint density at radius 2 is 1.89 bits per heavy atom. The summed E-state index contributed by atoms with van der Waals surface area (Å²) in [7, 11) is 1.60. The third kappa shape index (κ3) is 5.05. The average molecular weight is 490 g/mol. The number of hydrogen-bond acceptors (Lipinski definition) is 8. The van der Waals surface area contributed by atoms with Crippen LogP contribution in [0.3, 0.4) is 0 Å². The molecule has 36 heavy (non-hydrogen) atoms. The minimum Gasteiger partial charge on any atom is -0.493 e. The van der Waals surface area contributed by atoms with Gasteiger partial charge in [-0.05, 0) is 66.3 Å². The molecule has 0 amide bonds. The molecule has 1 fully saturated rings. The summed E-state index contributed by atoms with van der Waals surface area (Å²) in [5, 5.41) is 15.2. The van der Waals surface area contributed by atoms with Gasteiger partial charge in [-0.1, -0.05) is 47.9 Å². The zero-order valence-electron chi connectivity index (χ0n) is 20.6. The first-order valence-corrected chi connectivity index (χ1v) is 12.5. The van der Waals surface area contributed by atoms with E-state index in [1.165, 1.54) is 12.0 Å². The lowest BCUT2D eigenvalue weighted by Gasteiger charge is -2.29. The van der Waals surface area contributed by atoms with E-state index in [1.807, 2.05) is 43.3 Å². The van der Waals surface area contributed by atoms with Crippen molar-refractivity contribution in [2.75, 3.05) is 19.0 Å². The topological polar surface area (TPSA) is 100 Å². The minimum absolute atomic E-state index is 0.0580. The normalized spacial score (nSPS) is 17.8. The van der Waals surface area contributed by atoms with Gasteiger partial charge in [-0.25, -0.2) is 4.79 Å². The molecule has 0 spiro atoms. The Morgan fingerprint density at radius 3 is 2.67 bits per heavy atom. The van der Waals surface area contributed by atoms with E-state index in [0.29, 0.717) is 35.3 Å². The summed E-state index contributed by atoms with van der Waals surface area (Å²) in [6.07, 6.45) is 5.87. The van der Waals surface area contributed by atoms with Crippen molar-refractivity contribution < 1.29 is 19.0 Å². The van der Waals surface area contributed by atoms with Crippen LogP contribution in [0.15, 0.2) is 59.8 Å². The Bertz CT molecular complexity index is 1230. The summed E-state index contributed by atoms with van der Waals surface area (Å²) in [6, 6.07) is 15.3. The van der Waals surface area contributed by atoms with Gasteiger partial charge < -0.3 is 19.5 Å². The lowest BCUT2D eigenvalue weighted by molar-refractivity contribution is -0.146. The Kier molecular flexibility index (Phi) is 7.16. The molecular weight excluding hydrogens is 458 g/mol. The molecule has 9 nitrogen and oxygen atoms in total. The fraction of sp³-hybridized carbons (Fsp3) is 0.407. The summed E-state index contributed by atoms with van der Waals surface area (Å²) in [6.45, 7) is 2.36. The van der Waals surface area contributed by atoms with Crippen LogP contribution in [-0.4, -0.2) is 46.0 Å². The van der Waals surface area contributed by atoms with E-state index in [0.717, 1.165) is 37.7 Å². The Balaban J connectivity index is 1.40. The third-order valence-electron chi connectivity index (χ3n) is 6.75. The molecule has 1 atom stereocenters. The molecule has 9 heteroatoms. The highest BCUT2D eigenvalue weighted by Gasteiger charge is 2.36. The highest BCUT2D eigenvalue weighted by molar-refractivity contribution is 5.92. The molecule has 0 saturated heterocycles. The molecule has 1 aliphatic heterocycles. The minimum atomic E-state index is -0.556. The molecule has 2 aromatic carbocycles. The van der Waals surface area contributed by atoms with Crippen molar-refractivity contribution in [2.24, 2.45) is 0 Å². The van der Waals surface area contributed by atoms with E-state index in [-0.39, 0.29) is 12.1 Å². The number of nitrogens with zero attached hydrogens (tertiary/aromatic N) is 4. The van der Waals surface area contributed by atoms with Crippen LogP contribution in [0.5, 0.6) is 11.5 Å². The van der Waals surface area contributed by atoms with Crippen LogP contribution >= 0.6 is 0 Å². The monoisotopic (exact) mass is 489 g/mol. The quantitative estimate of drug-likeness (QED) is 0.463. The van der Waals surface area contributed by atoms with Crippen LogP contribution in [0.2, 0.25) is 0 Å². The third-order valence-corrected chi connectivity index (χ3v) is 6.75. The SMILES string of the molecule is COc1cc(C2C(C(=O)OC3CCCCC3)=C(C)Nc3nnnn32)ccc1OCCc1ccccc1. The fourth-order valence-electron chi connectivity index (χ4n) is 4.88. The fourth-order valence-corrected chi connectivity index (χ4v) is 4.88. The van der Waals surface area contributed by atoms with Crippen molar-refractivity contribution >= 4 is 11.9 Å². The maximum atomic E-state index is 13.4. The first-order valence-electron chi connectivity index (χ1n) is 12.5. The first kappa shape index (κ1) is 23.8. The molecule has 2 heterocycles. The summed E-state index contributed by atoms with van der Waals surface area (Å²) in [4.78, 5) is 13.4. The zero-order chi connectivity index (χ0) is 24.9. The number of benzene rings is 2. The van der Waals surface area contributed by atoms with E-state index in [4.69, 9.17) is 14.2 Å². The van der Waals surface area contributed by atoms with Crippen LogP contribution in [-0.2, 0) is 16.0 Å². The zero-order valence-corrected chi connectivity index (χ0v) is 20.6. The van der Waals surface area contributed by atoms with E-state index in [2.05, 4.69) is 33.0 Å². The van der Waals surface area contributed by atoms with Crippen LogP contribution in [0.4, 0.5) is 5.95 Å². The number of allylic oxidation sites excluding steroid dienone is 1. The second-order valence-corrected chi connectivity index (χ2v) is 9.17. The van der Waals surface area contributed by atoms with E-state index < -0.39 is 6.04 Å². The van der Waals surface area contributed by atoms with Gasteiger partial charge in [-0.3, -0.25) is 0 Å². The molecule has 3 aromatic rings. The van der Waals surface area contributed by atoms with Gasteiger partial charge in [0.2, 0.25) is 5.95 Å². The van der Waals surface area contributed by atoms with Crippen LogP contribution < -0.4 is 14.8 Å².